The van der Waals surface area contributed by atoms with Gasteiger partial charge in [0.25, 0.3) is 0 Å². The van der Waals surface area contributed by atoms with Gasteiger partial charge in [-0.1, -0.05) is 53.1 Å². The molecule has 0 aliphatic heterocycles. The van der Waals surface area contributed by atoms with E-state index in [-0.39, 0.29) is 11.9 Å². The van der Waals surface area contributed by atoms with Gasteiger partial charge in [0.05, 0.1) is 24.1 Å². The van der Waals surface area contributed by atoms with E-state index in [2.05, 4.69) is 37.4 Å². The highest BCUT2D eigenvalue weighted by Gasteiger charge is 2.11. The number of hydrogen-bond donors (Lipinski definition) is 1. The van der Waals surface area contributed by atoms with E-state index in [0.29, 0.717) is 23.8 Å². The van der Waals surface area contributed by atoms with E-state index in [1.165, 1.54) is 11.1 Å². The third kappa shape index (κ3) is 5.29. The van der Waals surface area contributed by atoms with Gasteiger partial charge in [0.15, 0.2) is 0 Å². The normalized spacial score (nSPS) is 11.8. The van der Waals surface area contributed by atoms with E-state index in [0.717, 1.165) is 5.56 Å². The lowest BCUT2D eigenvalue weighted by Crippen LogP contribution is -2.28. The van der Waals surface area contributed by atoms with Crippen LogP contribution < -0.4 is 10.1 Å². The van der Waals surface area contributed by atoms with E-state index in [1.54, 1.807) is 12.1 Å². The number of carbonyl (C=O) groups is 1. The summed E-state index contributed by atoms with van der Waals surface area (Å²) in [5, 5.41) is 3.55. The summed E-state index contributed by atoms with van der Waals surface area (Å²) in [4.78, 5) is 12.0. The molecular formula is C19H22ClNO2. The molecule has 2 aromatic rings. The summed E-state index contributed by atoms with van der Waals surface area (Å²) >= 11 is 6.01. The van der Waals surface area contributed by atoms with Crippen LogP contribution in [0.15, 0.2) is 42.5 Å². The van der Waals surface area contributed by atoms with Crippen LogP contribution in [-0.2, 0) is 4.79 Å². The largest absolute Gasteiger partial charge is 0.491 e. The fourth-order valence-corrected chi connectivity index (χ4v) is 2.66. The van der Waals surface area contributed by atoms with E-state index >= 15 is 0 Å². The van der Waals surface area contributed by atoms with Crippen molar-refractivity contribution in [2.75, 3.05) is 6.61 Å². The van der Waals surface area contributed by atoms with Crippen LogP contribution >= 0.6 is 11.6 Å². The lowest BCUT2D eigenvalue weighted by molar-refractivity contribution is -0.122. The summed E-state index contributed by atoms with van der Waals surface area (Å²) in [5.41, 5.74) is 3.51. The zero-order chi connectivity index (χ0) is 16.8. The van der Waals surface area contributed by atoms with Gasteiger partial charge in [-0.25, -0.2) is 0 Å². The molecule has 0 spiro atoms. The highest BCUT2D eigenvalue weighted by Crippen LogP contribution is 2.23. The van der Waals surface area contributed by atoms with Gasteiger partial charge >= 0.3 is 0 Å². The van der Waals surface area contributed by atoms with Gasteiger partial charge in [0, 0.05) is 0 Å². The van der Waals surface area contributed by atoms with Crippen molar-refractivity contribution in [3.8, 4) is 5.75 Å². The maximum atomic E-state index is 12.0. The van der Waals surface area contributed by atoms with Crippen molar-refractivity contribution in [2.45, 2.75) is 33.2 Å². The smallest absolute Gasteiger partial charge is 0.223 e. The monoisotopic (exact) mass is 331 g/mol. The number of aryl methyl sites for hydroxylation is 2. The number of rotatable bonds is 6. The Morgan fingerprint density at radius 1 is 1.17 bits per heavy atom. The molecule has 1 amide bonds. The molecule has 1 unspecified atom stereocenters. The van der Waals surface area contributed by atoms with E-state index in [4.69, 9.17) is 16.3 Å². The topological polar surface area (TPSA) is 38.3 Å². The highest BCUT2D eigenvalue weighted by atomic mass is 35.5. The Labute approximate surface area is 142 Å². The first kappa shape index (κ1) is 17.4. The minimum Gasteiger partial charge on any atom is -0.491 e. The minimum atomic E-state index is -0.0382. The summed E-state index contributed by atoms with van der Waals surface area (Å²) in [7, 11) is 0. The molecule has 0 saturated carbocycles. The maximum Gasteiger partial charge on any atom is 0.223 e. The molecule has 1 atom stereocenters. The van der Waals surface area contributed by atoms with E-state index in [9.17, 15) is 4.79 Å². The van der Waals surface area contributed by atoms with Crippen molar-refractivity contribution < 1.29 is 9.53 Å². The number of halogens is 1. The molecular weight excluding hydrogens is 310 g/mol. The van der Waals surface area contributed by atoms with Gasteiger partial charge in [0.1, 0.15) is 5.75 Å². The molecule has 0 aliphatic rings. The molecule has 2 aromatic carbocycles. The second-order valence-corrected chi connectivity index (χ2v) is 6.15. The van der Waals surface area contributed by atoms with Gasteiger partial charge < -0.3 is 10.1 Å². The highest BCUT2D eigenvalue weighted by molar-refractivity contribution is 6.32. The molecule has 3 nitrogen and oxygen atoms in total. The number of benzene rings is 2. The molecule has 0 heterocycles. The van der Waals surface area contributed by atoms with Crippen molar-refractivity contribution in [2.24, 2.45) is 0 Å². The molecule has 1 N–H and O–H groups in total. The Bertz CT molecular complexity index is 665. The second kappa shape index (κ2) is 8.02. The molecule has 0 aromatic heterocycles. The predicted octanol–water partition coefficient (Wildman–Crippen LogP) is 4.60. The lowest BCUT2D eigenvalue weighted by atomic mass is 10.0. The van der Waals surface area contributed by atoms with Gasteiger partial charge in [0.2, 0.25) is 5.91 Å². The SMILES string of the molecule is Cc1cc(C)cc(C(C)NC(=O)CCOc2ccccc2Cl)c1. The summed E-state index contributed by atoms with van der Waals surface area (Å²) in [5.74, 6) is 0.563. The second-order valence-electron chi connectivity index (χ2n) is 5.74. The Morgan fingerprint density at radius 3 is 2.48 bits per heavy atom. The van der Waals surface area contributed by atoms with E-state index < -0.39 is 0 Å². The molecule has 122 valence electrons. The van der Waals surface area contributed by atoms with Gasteiger partial charge in [-0.05, 0) is 38.5 Å². The summed E-state index contributed by atoms with van der Waals surface area (Å²) in [6.07, 6.45) is 0.292. The van der Waals surface area contributed by atoms with Crippen LogP contribution in [0.4, 0.5) is 0 Å². The number of ether oxygens (including phenoxy) is 1. The number of para-hydroxylation sites is 1. The zero-order valence-electron chi connectivity index (χ0n) is 13.7. The molecule has 0 fully saturated rings. The van der Waals surface area contributed by atoms with Crippen LogP contribution in [0.2, 0.25) is 5.02 Å². The summed E-state index contributed by atoms with van der Waals surface area (Å²) in [6, 6.07) is 13.5. The maximum absolute atomic E-state index is 12.0. The molecule has 0 aliphatic carbocycles. The Balaban J connectivity index is 1.83. The number of carbonyl (C=O) groups excluding carboxylic acids is 1. The van der Waals surface area contributed by atoms with Crippen molar-refractivity contribution in [1.82, 2.24) is 5.32 Å². The first-order chi connectivity index (χ1) is 11.0. The standard InChI is InChI=1S/C19H22ClNO2/c1-13-10-14(2)12-16(11-13)15(3)21-19(22)8-9-23-18-7-5-4-6-17(18)20/h4-7,10-12,15H,8-9H2,1-3H3,(H,21,22). The molecule has 23 heavy (non-hydrogen) atoms. The predicted molar refractivity (Wildman–Crippen MR) is 94.0 cm³/mol. The molecule has 0 bridgehead atoms. The van der Waals surface area contributed by atoms with Crippen molar-refractivity contribution >= 4 is 17.5 Å². The summed E-state index contributed by atoms with van der Waals surface area (Å²) in [6.45, 7) is 6.40. The van der Waals surface area contributed by atoms with Gasteiger partial charge in [-0.2, -0.15) is 0 Å². The van der Waals surface area contributed by atoms with Crippen molar-refractivity contribution in [3.63, 3.8) is 0 Å². The van der Waals surface area contributed by atoms with Crippen LogP contribution in [0.5, 0.6) is 5.75 Å². The van der Waals surface area contributed by atoms with Crippen LogP contribution in [0.1, 0.15) is 36.1 Å². The molecule has 0 saturated heterocycles. The number of nitrogens with one attached hydrogen (secondary N) is 1. The van der Waals surface area contributed by atoms with Gasteiger partial charge in [-0.3, -0.25) is 4.79 Å². The Morgan fingerprint density at radius 2 is 1.83 bits per heavy atom. The summed E-state index contributed by atoms with van der Waals surface area (Å²) < 4.78 is 5.54. The molecule has 0 radical (unpaired) electrons. The first-order valence-corrected chi connectivity index (χ1v) is 8.08. The van der Waals surface area contributed by atoms with Crippen molar-refractivity contribution in [1.29, 1.82) is 0 Å². The van der Waals surface area contributed by atoms with Crippen LogP contribution in [0.3, 0.4) is 0 Å². The van der Waals surface area contributed by atoms with Crippen LogP contribution in [0.25, 0.3) is 0 Å². The third-order valence-corrected chi connectivity index (χ3v) is 3.86. The lowest BCUT2D eigenvalue weighted by Gasteiger charge is -2.16. The average molecular weight is 332 g/mol. The molecule has 4 heteroatoms. The fourth-order valence-electron chi connectivity index (χ4n) is 2.47. The van der Waals surface area contributed by atoms with Crippen molar-refractivity contribution in [3.05, 3.63) is 64.2 Å². The third-order valence-electron chi connectivity index (χ3n) is 3.54. The quantitative estimate of drug-likeness (QED) is 0.839. The first-order valence-electron chi connectivity index (χ1n) is 7.70. The minimum absolute atomic E-state index is 0.0265. The fraction of sp³-hybridized carbons (Fsp3) is 0.316. The Kier molecular flexibility index (Phi) is 6.05. The van der Waals surface area contributed by atoms with Gasteiger partial charge in [-0.15, -0.1) is 0 Å². The van der Waals surface area contributed by atoms with E-state index in [1.807, 2.05) is 19.1 Å². The number of amides is 1. The zero-order valence-corrected chi connectivity index (χ0v) is 14.5. The average Bonchev–Trinajstić information content (AvgIpc) is 2.48. The number of hydrogen-bond acceptors (Lipinski definition) is 2. The molecule has 2 rings (SSSR count). The Hall–Kier alpha value is -2.00. The van der Waals surface area contributed by atoms with Crippen LogP contribution in [-0.4, -0.2) is 12.5 Å². The van der Waals surface area contributed by atoms with Crippen LogP contribution in [0, 0.1) is 13.8 Å².